The SMILES string of the molecule is Fc1ccccc1Nc1nc(Cl)nc2sccc12. The number of nitrogens with zero attached hydrogens (tertiary/aromatic N) is 2. The van der Waals surface area contributed by atoms with E-state index in [1.54, 1.807) is 18.2 Å². The topological polar surface area (TPSA) is 37.8 Å². The lowest BCUT2D eigenvalue weighted by molar-refractivity contribution is 0.632. The van der Waals surface area contributed by atoms with Crippen LogP contribution in [0.2, 0.25) is 5.28 Å². The molecule has 0 amide bonds. The average Bonchev–Trinajstić information content (AvgIpc) is 2.80. The van der Waals surface area contributed by atoms with Crippen LogP contribution in [0, 0.1) is 5.82 Å². The first-order valence-electron chi connectivity index (χ1n) is 5.16. The molecule has 0 saturated carbocycles. The van der Waals surface area contributed by atoms with E-state index in [0.29, 0.717) is 11.5 Å². The Hall–Kier alpha value is -1.72. The third-order valence-electron chi connectivity index (χ3n) is 2.42. The van der Waals surface area contributed by atoms with Crippen LogP contribution in [-0.4, -0.2) is 9.97 Å². The average molecular weight is 280 g/mol. The van der Waals surface area contributed by atoms with E-state index in [1.807, 2.05) is 11.4 Å². The number of hydrogen-bond donors (Lipinski definition) is 1. The highest BCUT2D eigenvalue weighted by atomic mass is 35.5. The van der Waals surface area contributed by atoms with E-state index < -0.39 is 0 Å². The fourth-order valence-corrected chi connectivity index (χ4v) is 2.60. The van der Waals surface area contributed by atoms with Gasteiger partial charge in [0.1, 0.15) is 16.5 Å². The lowest BCUT2D eigenvalue weighted by atomic mass is 10.3. The van der Waals surface area contributed by atoms with E-state index in [2.05, 4.69) is 15.3 Å². The molecule has 1 aromatic carbocycles. The number of benzene rings is 1. The summed E-state index contributed by atoms with van der Waals surface area (Å²) in [5, 5.41) is 5.80. The van der Waals surface area contributed by atoms with Crippen molar-refractivity contribution in [3.63, 3.8) is 0 Å². The van der Waals surface area contributed by atoms with Gasteiger partial charge in [0.05, 0.1) is 11.1 Å². The van der Waals surface area contributed by atoms with Crippen LogP contribution in [-0.2, 0) is 0 Å². The minimum Gasteiger partial charge on any atom is -0.337 e. The van der Waals surface area contributed by atoms with E-state index in [4.69, 9.17) is 11.6 Å². The summed E-state index contributed by atoms with van der Waals surface area (Å²) in [6.07, 6.45) is 0. The fraction of sp³-hybridized carbons (Fsp3) is 0. The monoisotopic (exact) mass is 279 g/mol. The summed E-state index contributed by atoms with van der Waals surface area (Å²) in [5.41, 5.74) is 0.361. The van der Waals surface area contributed by atoms with Crippen molar-refractivity contribution in [2.75, 3.05) is 5.32 Å². The van der Waals surface area contributed by atoms with Crippen molar-refractivity contribution in [3.05, 3.63) is 46.8 Å². The van der Waals surface area contributed by atoms with Crippen molar-refractivity contribution in [3.8, 4) is 0 Å². The molecule has 90 valence electrons. The first-order valence-corrected chi connectivity index (χ1v) is 6.42. The van der Waals surface area contributed by atoms with E-state index in [0.717, 1.165) is 10.2 Å². The summed E-state index contributed by atoms with van der Waals surface area (Å²) in [5.74, 6) is 0.173. The van der Waals surface area contributed by atoms with Crippen molar-refractivity contribution < 1.29 is 4.39 Å². The van der Waals surface area contributed by atoms with Gasteiger partial charge in [0.25, 0.3) is 0 Å². The molecule has 3 nitrogen and oxygen atoms in total. The van der Waals surface area contributed by atoms with E-state index in [1.165, 1.54) is 17.4 Å². The summed E-state index contributed by atoms with van der Waals surface area (Å²) in [6, 6.07) is 8.28. The number of halogens is 2. The molecule has 0 atom stereocenters. The number of thiophene rings is 1. The first kappa shape index (κ1) is 11.4. The number of para-hydroxylation sites is 1. The van der Waals surface area contributed by atoms with Crippen LogP contribution in [0.5, 0.6) is 0 Å². The zero-order valence-electron chi connectivity index (χ0n) is 9.02. The molecule has 0 aliphatic rings. The predicted molar refractivity (Wildman–Crippen MR) is 72.1 cm³/mol. The second kappa shape index (κ2) is 4.51. The molecule has 0 saturated heterocycles. The Morgan fingerprint density at radius 3 is 2.83 bits per heavy atom. The Morgan fingerprint density at radius 1 is 1.17 bits per heavy atom. The molecule has 2 heterocycles. The largest absolute Gasteiger partial charge is 0.337 e. The lowest BCUT2D eigenvalue weighted by Crippen LogP contribution is -1.97. The van der Waals surface area contributed by atoms with Gasteiger partial charge in [-0.15, -0.1) is 11.3 Å². The van der Waals surface area contributed by atoms with Gasteiger partial charge in [-0.1, -0.05) is 12.1 Å². The van der Waals surface area contributed by atoms with Crippen molar-refractivity contribution in [2.45, 2.75) is 0 Å². The van der Waals surface area contributed by atoms with Crippen LogP contribution in [0.4, 0.5) is 15.9 Å². The smallest absolute Gasteiger partial charge is 0.225 e. The van der Waals surface area contributed by atoms with Gasteiger partial charge in [0.2, 0.25) is 5.28 Å². The molecule has 0 unspecified atom stereocenters. The van der Waals surface area contributed by atoms with Crippen molar-refractivity contribution in [1.82, 2.24) is 9.97 Å². The van der Waals surface area contributed by atoms with Gasteiger partial charge in [-0.2, -0.15) is 4.98 Å². The second-order valence-corrected chi connectivity index (χ2v) is 4.82. The molecule has 0 spiro atoms. The number of hydrogen-bond acceptors (Lipinski definition) is 4. The van der Waals surface area contributed by atoms with Crippen molar-refractivity contribution >= 4 is 44.7 Å². The van der Waals surface area contributed by atoms with Crippen molar-refractivity contribution in [1.29, 1.82) is 0 Å². The standard InChI is InChI=1S/C12H7ClFN3S/c13-12-16-10(7-5-6-18-11(7)17-12)15-9-4-2-1-3-8(9)14/h1-6H,(H,15,16,17). The molecular formula is C12H7ClFN3S. The molecule has 2 aromatic heterocycles. The highest BCUT2D eigenvalue weighted by molar-refractivity contribution is 7.16. The highest BCUT2D eigenvalue weighted by Crippen LogP contribution is 2.29. The maximum absolute atomic E-state index is 13.6. The Bertz CT molecular complexity index is 713. The van der Waals surface area contributed by atoms with E-state index in [-0.39, 0.29) is 11.1 Å². The summed E-state index contributed by atoms with van der Waals surface area (Å²) >= 11 is 7.30. The lowest BCUT2D eigenvalue weighted by Gasteiger charge is -2.07. The number of aromatic nitrogens is 2. The minimum absolute atomic E-state index is 0.142. The Kier molecular flexibility index (Phi) is 2.85. The summed E-state index contributed by atoms with van der Waals surface area (Å²) < 4.78 is 13.6. The second-order valence-electron chi connectivity index (χ2n) is 3.59. The zero-order chi connectivity index (χ0) is 12.5. The van der Waals surface area contributed by atoms with Crippen LogP contribution < -0.4 is 5.32 Å². The third kappa shape index (κ3) is 2.02. The first-order chi connectivity index (χ1) is 8.74. The summed E-state index contributed by atoms with van der Waals surface area (Å²) in [4.78, 5) is 8.96. The molecule has 0 aliphatic carbocycles. The Morgan fingerprint density at radius 2 is 2.00 bits per heavy atom. The summed E-state index contributed by atoms with van der Waals surface area (Å²) in [7, 11) is 0. The van der Waals surface area contributed by atoms with Crippen LogP contribution in [0.25, 0.3) is 10.2 Å². The molecule has 0 fully saturated rings. The van der Waals surface area contributed by atoms with E-state index in [9.17, 15) is 4.39 Å². The number of anilines is 2. The Balaban J connectivity index is 2.10. The van der Waals surface area contributed by atoms with Gasteiger partial charge in [0.15, 0.2) is 0 Å². The normalized spacial score (nSPS) is 10.8. The van der Waals surface area contributed by atoms with E-state index >= 15 is 0 Å². The Labute approximate surface area is 111 Å². The van der Waals surface area contributed by atoms with Gasteiger partial charge in [-0.3, -0.25) is 0 Å². The third-order valence-corrected chi connectivity index (χ3v) is 3.40. The number of rotatable bonds is 2. The van der Waals surface area contributed by atoms with Gasteiger partial charge < -0.3 is 5.32 Å². The predicted octanol–water partition coefficient (Wildman–Crippen LogP) is 4.23. The molecule has 3 aromatic rings. The molecular weight excluding hydrogens is 273 g/mol. The molecule has 18 heavy (non-hydrogen) atoms. The zero-order valence-corrected chi connectivity index (χ0v) is 10.6. The quantitative estimate of drug-likeness (QED) is 0.714. The molecule has 0 aliphatic heterocycles. The maximum atomic E-state index is 13.6. The minimum atomic E-state index is -0.337. The molecule has 3 rings (SSSR count). The summed E-state index contributed by atoms with van der Waals surface area (Å²) in [6.45, 7) is 0. The van der Waals surface area contributed by atoms with Gasteiger partial charge in [-0.05, 0) is 35.2 Å². The molecule has 1 N–H and O–H groups in total. The van der Waals surface area contributed by atoms with Crippen molar-refractivity contribution in [2.24, 2.45) is 0 Å². The van der Waals surface area contributed by atoms with Crippen LogP contribution in [0.3, 0.4) is 0 Å². The van der Waals surface area contributed by atoms with Gasteiger partial charge in [0, 0.05) is 0 Å². The molecule has 0 radical (unpaired) electrons. The number of fused-ring (bicyclic) bond motifs is 1. The molecule has 6 heteroatoms. The maximum Gasteiger partial charge on any atom is 0.225 e. The van der Waals surface area contributed by atoms with Gasteiger partial charge >= 0.3 is 0 Å². The number of nitrogens with one attached hydrogen (secondary N) is 1. The van der Waals surface area contributed by atoms with Crippen LogP contribution in [0.1, 0.15) is 0 Å². The van der Waals surface area contributed by atoms with Crippen LogP contribution >= 0.6 is 22.9 Å². The molecule has 0 bridgehead atoms. The highest BCUT2D eigenvalue weighted by Gasteiger charge is 2.09. The van der Waals surface area contributed by atoms with Crippen LogP contribution in [0.15, 0.2) is 35.7 Å². The van der Waals surface area contributed by atoms with Gasteiger partial charge in [-0.25, -0.2) is 9.37 Å². The fourth-order valence-electron chi connectivity index (χ4n) is 1.61.